The number of carbonyl (C=O) groups is 1. The SMILES string of the molecule is Cc1ccc(OCc2c(C=O)nnn2-c2nccs2)cc1. The van der Waals surface area contributed by atoms with Crippen LogP contribution >= 0.6 is 11.3 Å². The summed E-state index contributed by atoms with van der Waals surface area (Å²) in [6.45, 7) is 2.21. The molecule has 21 heavy (non-hydrogen) atoms. The van der Waals surface area contributed by atoms with E-state index in [-0.39, 0.29) is 12.3 Å². The molecule has 106 valence electrons. The fourth-order valence-electron chi connectivity index (χ4n) is 1.80. The van der Waals surface area contributed by atoms with Crippen LogP contribution in [0.2, 0.25) is 0 Å². The topological polar surface area (TPSA) is 69.9 Å². The van der Waals surface area contributed by atoms with Crippen molar-refractivity contribution in [2.45, 2.75) is 13.5 Å². The molecule has 0 atom stereocenters. The van der Waals surface area contributed by atoms with E-state index in [1.54, 1.807) is 6.20 Å². The molecule has 0 saturated carbocycles. The molecule has 6 nitrogen and oxygen atoms in total. The van der Waals surface area contributed by atoms with Gasteiger partial charge in [-0.2, -0.15) is 4.68 Å². The lowest BCUT2D eigenvalue weighted by atomic mass is 10.2. The second kappa shape index (κ2) is 5.84. The molecule has 3 rings (SSSR count). The molecule has 7 heteroatoms. The molecule has 0 radical (unpaired) electrons. The quantitative estimate of drug-likeness (QED) is 0.677. The predicted octanol–water partition coefficient (Wildman–Crippen LogP) is 2.42. The van der Waals surface area contributed by atoms with E-state index in [0.29, 0.717) is 17.1 Å². The van der Waals surface area contributed by atoms with E-state index >= 15 is 0 Å². The minimum atomic E-state index is 0.198. The number of nitrogens with zero attached hydrogens (tertiary/aromatic N) is 4. The van der Waals surface area contributed by atoms with E-state index in [1.165, 1.54) is 16.0 Å². The molecule has 0 spiro atoms. The molecule has 0 N–H and O–H groups in total. The highest BCUT2D eigenvalue weighted by Gasteiger charge is 2.16. The van der Waals surface area contributed by atoms with E-state index in [4.69, 9.17) is 4.74 Å². The fourth-order valence-corrected chi connectivity index (χ4v) is 2.41. The molecule has 2 aromatic heterocycles. The molecular weight excluding hydrogens is 288 g/mol. The van der Waals surface area contributed by atoms with E-state index < -0.39 is 0 Å². The van der Waals surface area contributed by atoms with Gasteiger partial charge in [0.2, 0.25) is 5.13 Å². The number of hydrogen-bond donors (Lipinski definition) is 0. The Morgan fingerprint density at radius 1 is 1.33 bits per heavy atom. The number of carbonyl (C=O) groups excluding carboxylic acids is 1. The van der Waals surface area contributed by atoms with Crippen molar-refractivity contribution < 1.29 is 9.53 Å². The summed E-state index contributed by atoms with van der Waals surface area (Å²) in [5.41, 5.74) is 2.00. The summed E-state index contributed by atoms with van der Waals surface area (Å²) in [6.07, 6.45) is 2.35. The largest absolute Gasteiger partial charge is 0.487 e. The number of rotatable bonds is 5. The van der Waals surface area contributed by atoms with Crippen LogP contribution in [0.4, 0.5) is 0 Å². The molecule has 0 aliphatic carbocycles. The Morgan fingerprint density at radius 3 is 2.81 bits per heavy atom. The van der Waals surface area contributed by atoms with Gasteiger partial charge in [-0.05, 0) is 19.1 Å². The van der Waals surface area contributed by atoms with Crippen molar-refractivity contribution >= 4 is 17.6 Å². The highest BCUT2D eigenvalue weighted by atomic mass is 32.1. The lowest BCUT2D eigenvalue weighted by Gasteiger charge is -2.07. The van der Waals surface area contributed by atoms with Crippen LogP contribution in [0.5, 0.6) is 5.75 Å². The van der Waals surface area contributed by atoms with Gasteiger partial charge in [0.25, 0.3) is 0 Å². The van der Waals surface area contributed by atoms with Gasteiger partial charge in [0, 0.05) is 11.6 Å². The Bertz CT molecular complexity index is 735. The number of hydrogen-bond acceptors (Lipinski definition) is 6. The van der Waals surface area contributed by atoms with Crippen molar-refractivity contribution in [3.63, 3.8) is 0 Å². The first kappa shape index (κ1) is 13.4. The first-order chi connectivity index (χ1) is 10.3. The van der Waals surface area contributed by atoms with E-state index in [1.807, 2.05) is 36.6 Å². The van der Waals surface area contributed by atoms with Crippen LogP contribution in [0.1, 0.15) is 21.7 Å². The summed E-state index contributed by atoms with van der Waals surface area (Å²) < 4.78 is 7.23. The van der Waals surface area contributed by atoms with Crippen molar-refractivity contribution in [3.05, 3.63) is 52.8 Å². The maximum atomic E-state index is 11.1. The van der Waals surface area contributed by atoms with Gasteiger partial charge in [-0.3, -0.25) is 4.79 Å². The molecule has 0 unspecified atom stereocenters. The minimum absolute atomic E-state index is 0.198. The molecule has 0 fully saturated rings. The van der Waals surface area contributed by atoms with Gasteiger partial charge in [-0.25, -0.2) is 4.98 Å². The summed E-state index contributed by atoms with van der Waals surface area (Å²) in [7, 11) is 0. The predicted molar refractivity (Wildman–Crippen MR) is 77.9 cm³/mol. The maximum Gasteiger partial charge on any atom is 0.212 e. The molecule has 0 aliphatic rings. The Balaban J connectivity index is 1.85. The number of aromatic nitrogens is 4. The minimum Gasteiger partial charge on any atom is -0.487 e. The van der Waals surface area contributed by atoms with Gasteiger partial charge in [-0.15, -0.1) is 16.4 Å². The Hall–Kier alpha value is -2.54. The van der Waals surface area contributed by atoms with E-state index in [0.717, 1.165) is 11.3 Å². The molecule has 0 amide bonds. The third-order valence-electron chi connectivity index (χ3n) is 2.90. The van der Waals surface area contributed by atoms with Crippen molar-refractivity contribution in [2.75, 3.05) is 0 Å². The second-order valence-corrected chi connectivity index (χ2v) is 5.24. The van der Waals surface area contributed by atoms with Crippen LogP contribution in [0.3, 0.4) is 0 Å². The monoisotopic (exact) mass is 300 g/mol. The highest BCUT2D eigenvalue weighted by Crippen LogP contribution is 2.18. The fraction of sp³-hybridized carbons (Fsp3) is 0.143. The first-order valence-corrected chi connectivity index (χ1v) is 7.15. The zero-order valence-corrected chi connectivity index (χ0v) is 12.1. The third kappa shape index (κ3) is 2.82. The number of aldehydes is 1. The zero-order valence-electron chi connectivity index (χ0n) is 11.3. The number of benzene rings is 1. The second-order valence-electron chi connectivity index (χ2n) is 4.37. The van der Waals surface area contributed by atoms with Crippen LogP contribution in [0.25, 0.3) is 5.13 Å². The molecule has 3 aromatic rings. The molecule has 1 aromatic carbocycles. The molecule has 0 aliphatic heterocycles. The van der Waals surface area contributed by atoms with Crippen LogP contribution in [-0.4, -0.2) is 26.3 Å². The number of ether oxygens (including phenoxy) is 1. The zero-order chi connectivity index (χ0) is 14.7. The van der Waals surface area contributed by atoms with Crippen molar-refractivity contribution in [2.24, 2.45) is 0 Å². The Labute approximate surface area is 125 Å². The third-order valence-corrected chi connectivity index (χ3v) is 3.65. The average Bonchev–Trinajstić information content (AvgIpc) is 3.15. The maximum absolute atomic E-state index is 11.1. The van der Waals surface area contributed by atoms with Gasteiger partial charge >= 0.3 is 0 Å². The van der Waals surface area contributed by atoms with Crippen molar-refractivity contribution in [1.82, 2.24) is 20.0 Å². The van der Waals surface area contributed by atoms with E-state index in [9.17, 15) is 4.79 Å². The lowest BCUT2D eigenvalue weighted by Crippen LogP contribution is -2.07. The average molecular weight is 300 g/mol. The molecule has 0 bridgehead atoms. The summed E-state index contributed by atoms with van der Waals surface area (Å²) in [5.74, 6) is 0.726. The standard InChI is InChI=1S/C14H12N4O2S/c1-10-2-4-11(5-3-10)20-9-13-12(8-19)16-17-18(13)14-15-6-7-21-14/h2-8H,9H2,1H3. The highest BCUT2D eigenvalue weighted by molar-refractivity contribution is 7.12. The van der Waals surface area contributed by atoms with Gasteiger partial charge in [-0.1, -0.05) is 22.9 Å². The smallest absolute Gasteiger partial charge is 0.212 e. The van der Waals surface area contributed by atoms with Gasteiger partial charge < -0.3 is 4.74 Å². The Morgan fingerprint density at radius 2 is 2.14 bits per heavy atom. The summed E-state index contributed by atoms with van der Waals surface area (Å²) >= 11 is 1.42. The summed E-state index contributed by atoms with van der Waals surface area (Å²) in [5, 5.41) is 10.3. The van der Waals surface area contributed by atoms with Crippen LogP contribution in [0.15, 0.2) is 35.8 Å². The van der Waals surface area contributed by atoms with Crippen molar-refractivity contribution in [3.8, 4) is 10.9 Å². The normalized spacial score (nSPS) is 10.5. The van der Waals surface area contributed by atoms with Crippen LogP contribution < -0.4 is 4.74 Å². The number of thiazole rings is 1. The summed E-state index contributed by atoms with van der Waals surface area (Å²) in [6, 6.07) is 7.69. The lowest BCUT2D eigenvalue weighted by molar-refractivity contribution is 0.111. The van der Waals surface area contributed by atoms with Crippen LogP contribution in [0, 0.1) is 6.92 Å². The summed E-state index contributed by atoms with van der Waals surface area (Å²) in [4.78, 5) is 15.2. The van der Waals surface area contributed by atoms with Gasteiger partial charge in [0.15, 0.2) is 12.0 Å². The Kier molecular flexibility index (Phi) is 3.74. The van der Waals surface area contributed by atoms with Crippen molar-refractivity contribution in [1.29, 1.82) is 0 Å². The molecule has 2 heterocycles. The first-order valence-electron chi connectivity index (χ1n) is 6.27. The van der Waals surface area contributed by atoms with Gasteiger partial charge in [0.05, 0.1) is 0 Å². The molecular formula is C14H12N4O2S. The van der Waals surface area contributed by atoms with Crippen LogP contribution in [-0.2, 0) is 6.61 Å². The number of aryl methyl sites for hydroxylation is 1. The molecule has 0 saturated heterocycles. The van der Waals surface area contributed by atoms with Gasteiger partial charge in [0.1, 0.15) is 18.1 Å². The van der Waals surface area contributed by atoms with E-state index in [2.05, 4.69) is 15.3 Å².